The van der Waals surface area contributed by atoms with E-state index in [0.29, 0.717) is 0 Å². The van der Waals surface area contributed by atoms with Crippen molar-refractivity contribution in [2.75, 3.05) is 19.0 Å². The summed E-state index contributed by atoms with van der Waals surface area (Å²) in [7, 11) is 3.90. The monoisotopic (exact) mass is 213 g/mol. The summed E-state index contributed by atoms with van der Waals surface area (Å²) < 4.78 is 0. The number of aryl methyl sites for hydroxylation is 1. The summed E-state index contributed by atoms with van der Waals surface area (Å²) in [6.45, 7) is 1.99. The van der Waals surface area contributed by atoms with Crippen LogP contribution in [0.2, 0.25) is 0 Å². The quantitative estimate of drug-likeness (QED) is 0.767. The molecule has 0 spiro atoms. The number of benzene rings is 1. The molecule has 0 bridgehead atoms. The lowest BCUT2D eigenvalue weighted by atomic mass is 10.1. The van der Waals surface area contributed by atoms with Crippen molar-refractivity contribution in [1.82, 2.24) is 9.97 Å². The van der Waals surface area contributed by atoms with E-state index in [1.807, 2.05) is 50.2 Å². The van der Waals surface area contributed by atoms with Gasteiger partial charge in [-0.2, -0.15) is 0 Å². The Morgan fingerprint density at radius 3 is 2.31 bits per heavy atom. The second-order valence-electron chi connectivity index (χ2n) is 3.96. The average Bonchev–Trinajstić information content (AvgIpc) is 2.29. The Labute approximate surface area is 95.8 Å². The van der Waals surface area contributed by atoms with Crippen LogP contribution in [0.4, 0.5) is 5.95 Å². The largest absolute Gasteiger partial charge is 0.347 e. The third-order valence-corrected chi connectivity index (χ3v) is 2.31. The molecule has 2 aromatic rings. The van der Waals surface area contributed by atoms with E-state index >= 15 is 0 Å². The Morgan fingerprint density at radius 2 is 1.69 bits per heavy atom. The van der Waals surface area contributed by atoms with Crippen molar-refractivity contribution in [2.24, 2.45) is 0 Å². The molecule has 0 fully saturated rings. The Morgan fingerprint density at radius 1 is 1.00 bits per heavy atom. The molecule has 1 heterocycles. The molecule has 0 N–H and O–H groups in total. The van der Waals surface area contributed by atoms with Crippen LogP contribution in [0.3, 0.4) is 0 Å². The van der Waals surface area contributed by atoms with Gasteiger partial charge in [0.15, 0.2) is 0 Å². The Balaban J connectivity index is 2.50. The number of aromatic nitrogens is 2. The minimum atomic E-state index is 0.749. The summed E-state index contributed by atoms with van der Waals surface area (Å²) in [5, 5.41) is 0. The first kappa shape index (κ1) is 10.6. The Bertz CT molecular complexity index is 478. The van der Waals surface area contributed by atoms with E-state index in [0.717, 1.165) is 22.9 Å². The van der Waals surface area contributed by atoms with Crippen LogP contribution in [0.25, 0.3) is 11.3 Å². The molecule has 0 aliphatic rings. The Kier molecular flexibility index (Phi) is 2.86. The van der Waals surface area contributed by atoms with Crippen molar-refractivity contribution in [1.29, 1.82) is 0 Å². The Hall–Kier alpha value is -1.90. The molecule has 0 unspecified atom stereocenters. The lowest BCUT2D eigenvalue weighted by Crippen LogP contribution is -2.13. The van der Waals surface area contributed by atoms with E-state index in [2.05, 4.69) is 22.1 Å². The van der Waals surface area contributed by atoms with E-state index in [9.17, 15) is 0 Å². The smallest absolute Gasteiger partial charge is 0.225 e. The van der Waals surface area contributed by atoms with Crippen LogP contribution >= 0.6 is 0 Å². The summed E-state index contributed by atoms with van der Waals surface area (Å²) in [5.41, 5.74) is 3.07. The van der Waals surface area contributed by atoms with Crippen molar-refractivity contribution in [3.63, 3.8) is 0 Å². The van der Waals surface area contributed by atoms with Gasteiger partial charge in [0.05, 0.1) is 5.69 Å². The van der Waals surface area contributed by atoms with Crippen LogP contribution in [0.15, 0.2) is 36.4 Å². The lowest BCUT2D eigenvalue weighted by molar-refractivity contribution is 0.980. The molecule has 3 heteroatoms. The fourth-order valence-electron chi connectivity index (χ4n) is 1.51. The highest BCUT2D eigenvalue weighted by molar-refractivity contribution is 5.60. The zero-order chi connectivity index (χ0) is 11.5. The highest BCUT2D eigenvalue weighted by Crippen LogP contribution is 2.19. The number of rotatable bonds is 2. The molecule has 16 heavy (non-hydrogen) atoms. The third-order valence-electron chi connectivity index (χ3n) is 2.31. The first-order valence-electron chi connectivity index (χ1n) is 5.25. The molecule has 0 amide bonds. The van der Waals surface area contributed by atoms with Gasteiger partial charge in [0.1, 0.15) is 0 Å². The molecular weight excluding hydrogens is 198 g/mol. The van der Waals surface area contributed by atoms with Crippen molar-refractivity contribution in [2.45, 2.75) is 6.92 Å². The number of hydrogen-bond acceptors (Lipinski definition) is 3. The predicted molar refractivity (Wildman–Crippen MR) is 66.5 cm³/mol. The highest BCUT2D eigenvalue weighted by atomic mass is 15.2. The lowest BCUT2D eigenvalue weighted by Gasteiger charge is -2.12. The molecule has 82 valence electrons. The first-order valence-corrected chi connectivity index (χ1v) is 5.25. The van der Waals surface area contributed by atoms with Gasteiger partial charge in [-0.1, -0.05) is 30.3 Å². The number of nitrogens with zero attached hydrogens (tertiary/aromatic N) is 3. The fourth-order valence-corrected chi connectivity index (χ4v) is 1.51. The molecule has 0 saturated carbocycles. The van der Waals surface area contributed by atoms with Gasteiger partial charge in [-0.05, 0) is 13.0 Å². The topological polar surface area (TPSA) is 29.0 Å². The van der Waals surface area contributed by atoms with Crippen LogP contribution in [0.5, 0.6) is 0 Å². The van der Waals surface area contributed by atoms with E-state index in [1.165, 1.54) is 0 Å². The normalized spacial score (nSPS) is 10.2. The summed E-state index contributed by atoms with van der Waals surface area (Å²) in [4.78, 5) is 10.8. The summed E-state index contributed by atoms with van der Waals surface area (Å²) in [6.07, 6.45) is 0. The van der Waals surface area contributed by atoms with Crippen molar-refractivity contribution >= 4 is 5.95 Å². The van der Waals surface area contributed by atoms with Crippen LogP contribution in [0.1, 0.15) is 5.69 Å². The number of anilines is 1. The second-order valence-corrected chi connectivity index (χ2v) is 3.96. The SMILES string of the molecule is Cc1cc(-c2ccccc2)nc(N(C)C)n1. The standard InChI is InChI=1S/C13H15N3/c1-10-9-12(11-7-5-4-6-8-11)15-13(14-10)16(2)3/h4-9H,1-3H3. The van der Waals surface area contributed by atoms with Gasteiger partial charge in [-0.25, -0.2) is 9.97 Å². The van der Waals surface area contributed by atoms with Crippen LogP contribution in [-0.4, -0.2) is 24.1 Å². The molecule has 1 aromatic heterocycles. The molecule has 0 aliphatic heterocycles. The van der Waals surface area contributed by atoms with Crippen LogP contribution < -0.4 is 4.90 Å². The average molecular weight is 213 g/mol. The number of hydrogen-bond donors (Lipinski definition) is 0. The van der Waals surface area contributed by atoms with Gasteiger partial charge in [0.2, 0.25) is 5.95 Å². The van der Waals surface area contributed by atoms with E-state index in [-0.39, 0.29) is 0 Å². The molecule has 0 saturated heterocycles. The maximum absolute atomic E-state index is 4.52. The van der Waals surface area contributed by atoms with E-state index in [1.54, 1.807) is 0 Å². The molecule has 1 aromatic carbocycles. The van der Waals surface area contributed by atoms with Crippen LogP contribution in [-0.2, 0) is 0 Å². The fraction of sp³-hybridized carbons (Fsp3) is 0.231. The van der Waals surface area contributed by atoms with Crippen molar-refractivity contribution in [3.8, 4) is 11.3 Å². The minimum absolute atomic E-state index is 0.749. The maximum Gasteiger partial charge on any atom is 0.225 e. The van der Waals surface area contributed by atoms with Gasteiger partial charge in [0.25, 0.3) is 0 Å². The van der Waals surface area contributed by atoms with E-state index in [4.69, 9.17) is 0 Å². The van der Waals surface area contributed by atoms with Crippen molar-refractivity contribution < 1.29 is 0 Å². The van der Waals surface area contributed by atoms with Gasteiger partial charge < -0.3 is 4.90 Å². The molecule has 0 radical (unpaired) electrons. The molecule has 3 nitrogen and oxygen atoms in total. The summed E-state index contributed by atoms with van der Waals surface area (Å²) in [5.74, 6) is 0.749. The zero-order valence-electron chi connectivity index (χ0n) is 9.81. The third kappa shape index (κ3) is 2.19. The first-order chi connectivity index (χ1) is 7.66. The molecule has 0 aliphatic carbocycles. The zero-order valence-corrected chi connectivity index (χ0v) is 9.81. The van der Waals surface area contributed by atoms with Gasteiger partial charge in [0, 0.05) is 25.4 Å². The van der Waals surface area contributed by atoms with Crippen LogP contribution in [0, 0.1) is 6.92 Å². The van der Waals surface area contributed by atoms with Gasteiger partial charge in [-0.15, -0.1) is 0 Å². The van der Waals surface area contributed by atoms with Crippen molar-refractivity contribution in [3.05, 3.63) is 42.1 Å². The summed E-state index contributed by atoms with van der Waals surface area (Å²) in [6, 6.07) is 12.2. The highest BCUT2D eigenvalue weighted by Gasteiger charge is 2.05. The molecule has 2 rings (SSSR count). The second kappa shape index (κ2) is 4.31. The predicted octanol–water partition coefficient (Wildman–Crippen LogP) is 2.52. The van der Waals surface area contributed by atoms with Gasteiger partial charge >= 0.3 is 0 Å². The summed E-state index contributed by atoms with van der Waals surface area (Å²) >= 11 is 0. The molecular formula is C13H15N3. The maximum atomic E-state index is 4.52. The molecule has 0 atom stereocenters. The van der Waals surface area contributed by atoms with E-state index < -0.39 is 0 Å². The van der Waals surface area contributed by atoms with Gasteiger partial charge in [-0.3, -0.25) is 0 Å². The minimum Gasteiger partial charge on any atom is -0.347 e.